The summed E-state index contributed by atoms with van der Waals surface area (Å²) in [4.78, 5) is 19.1. The van der Waals surface area contributed by atoms with Gasteiger partial charge < -0.3 is 15.5 Å². The summed E-state index contributed by atoms with van der Waals surface area (Å²) in [6.07, 6.45) is 10.7. The normalized spacial score (nSPS) is 19.2. The highest BCUT2D eigenvalue weighted by molar-refractivity contribution is 5.77. The van der Waals surface area contributed by atoms with Crippen LogP contribution >= 0.6 is 0 Å². The Morgan fingerprint density at radius 3 is 2.17 bits per heavy atom. The van der Waals surface area contributed by atoms with Gasteiger partial charge in [0, 0.05) is 62.6 Å². The van der Waals surface area contributed by atoms with Crippen LogP contribution in [-0.2, 0) is 16.4 Å². The lowest BCUT2D eigenvalue weighted by atomic mass is 9.87. The first-order valence-electron chi connectivity index (χ1n) is 18.3. The molecule has 7 heteroatoms. The maximum absolute atomic E-state index is 6.42. The van der Waals surface area contributed by atoms with E-state index in [-0.39, 0.29) is 6.10 Å². The minimum absolute atomic E-state index is 0.0890. The third-order valence-electron chi connectivity index (χ3n) is 10.9. The Morgan fingerprint density at radius 2 is 1.48 bits per heavy atom. The van der Waals surface area contributed by atoms with Gasteiger partial charge in [-0.1, -0.05) is 78.4 Å². The van der Waals surface area contributed by atoms with Gasteiger partial charge in [0.2, 0.25) is 0 Å². The van der Waals surface area contributed by atoms with Crippen molar-refractivity contribution in [2.75, 3.05) is 51.8 Å². The van der Waals surface area contributed by atoms with Crippen LogP contribution in [0.3, 0.4) is 0 Å². The molecule has 7 rings (SSSR count). The van der Waals surface area contributed by atoms with Gasteiger partial charge in [-0.25, -0.2) is 10.4 Å². The zero-order chi connectivity index (χ0) is 32.7. The number of nitrogens with one attached hydrogen (secondary N) is 1. The van der Waals surface area contributed by atoms with E-state index in [2.05, 4.69) is 69.7 Å². The van der Waals surface area contributed by atoms with Crippen LogP contribution in [-0.4, -0.2) is 67.1 Å². The first-order valence-corrected chi connectivity index (χ1v) is 18.3. The topological polar surface area (TPSA) is 66.2 Å². The van der Waals surface area contributed by atoms with Gasteiger partial charge in [-0.2, -0.15) is 0 Å². The van der Waals surface area contributed by atoms with E-state index in [9.17, 15) is 0 Å². The largest absolute Gasteiger partial charge is 0.402 e. The van der Waals surface area contributed by atoms with E-state index in [1.807, 2.05) is 36.4 Å². The van der Waals surface area contributed by atoms with E-state index in [1.165, 1.54) is 73.0 Å². The summed E-state index contributed by atoms with van der Waals surface area (Å²) in [6, 6.07) is 27.9. The number of likely N-dealkylation sites (N-methyl/N-ethyl adjacent to an activating group) is 1. The Morgan fingerprint density at radius 1 is 0.792 bits per heavy atom. The molecule has 3 aromatic carbocycles. The zero-order valence-corrected chi connectivity index (χ0v) is 28.7. The number of para-hydroxylation sites is 1. The number of anilines is 1. The Labute approximate surface area is 287 Å². The number of hydrogen-bond acceptors (Lipinski definition) is 7. The molecule has 0 spiro atoms. The molecule has 3 aromatic rings. The van der Waals surface area contributed by atoms with E-state index in [4.69, 9.17) is 15.6 Å². The molecule has 0 unspecified atom stereocenters. The van der Waals surface area contributed by atoms with Gasteiger partial charge in [0.15, 0.2) is 0 Å². The molecule has 0 radical (unpaired) electrons. The number of nitrogens with zero attached hydrogens (tertiary/aromatic N) is 3. The van der Waals surface area contributed by atoms with E-state index in [0.717, 1.165) is 75.5 Å². The molecule has 0 aromatic heterocycles. The van der Waals surface area contributed by atoms with Crippen molar-refractivity contribution in [3.8, 4) is 11.1 Å². The van der Waals surface area contributed by atoms with Crippen molar-refractivity contribution >= 4 is 11.4 Å². The second kappa shape index (κ2) is 15.7. The molecule has 2 aliphatic carbocycles. The van der Waals surface area contributed by atoms with Gasteiger partial charge in [-0.15, -0.1) is 4.99 Å². The molecule has 2 heterocycles. The summed E-state index contributed by atoms with van der Waals surface area (Å²) >= 11 is 0. The highest BCUT2D eigenvalue weighted by Gasteiger charge is 2.27. The first kappa shape index (κ1) is 32.9. The quantitative estimate of drug-likeness (QED) is 0.145. The van der Waals surface area contributed by atoms with Crippen LogP contribution in [0.15, 0.2) is 95.7 Å². The first-order chi connectivity index (χ1) is 23.6. The van der Waals surface area contributed by atoms with Gasteiger partial charge in [-0.05, 0) is 99.2 Å². The van der Waals surface area contributed by atoms with Crippen molar-refractivity contribution < 1.29 is 9.88 Å². The number of nitrogens with two attached hydrogens (primary N) is 1. The van der Waals surface area contributed by atoms with Crippen LogP contribution in [0.25, 0.3) is 16.8 Å². The van der Waals surface area contributed by atoms with Crippen molar-refractivity contribution in [1.29, 1.82) is 0 Å². The van der Waals surface area contributed by atoms with Crippen LogP contribution in [0.2, 0.25) is 0 Å². The predicted octanol–water partition coefficient (Wildman–Crippen LogP) is 7.84. The molecule has 0 amide bonds. The fourth-order valence-corrected chi connectivity index (χ4v) is 7.56. The van der Waals surface area contributed by atoms with Gasteiger partial charge in [0.25, 0.3) is 0 Å². The van der Waals surface area contributed by atoms with Gasteiger partial charge in [0.05, 0.1) is 11.8 Å². The lowest BCUT2D eigenvalue weighted by Crippen LogP contribution is -2.41. The number of rotatable bonds is 13. The molecule has 4 aliphatic rings. The van der Waals surface area contributed by atoms with Crippen molar-refractivity contribution in [2.24, 2.45) is 11.7 Å². The average molecular weight is 648 g/mol. The highest BCUT2D eigenvalue weighted by atomic mass is 17.3. The summed E-state index contributed by atoms with van der Waals surface area (Å²) in [5.74, 6) is 0.610. The second-order valence-corrected chi connectivity index (χ2v) is 14.3. The minimum Gasteiger partial charge on any atom is -0.402 e. The molecule has 3 N–H and O–H groups in total. The fraction of sp³-hybridized carbons (Fsp3) is 0.463. The number of benzene rings is 3. The molecular formula is C41H53N5O2. The minimum atomic E-state index is 0.0890. The zero-order valence-electron chi connectivity index (χ0n) is 28.7. The summed E-state index contributed by atoms with van der Waals surface area (Å²) in [5.41, 5.74) is 21.2. The Kier molecular flexibility index (Phi) is 10.8. The van der Waals surface area contributed by atoms with Crippen molar-refractivity contribution in [2.45, 2.75) is 70.4 Å². The maximum atomic E-state index is 6.42. The Hall–Kier alpha value is -3.62. The lowest BCUT2D eigenvalue weighted by molar-refractivity contribution is -0.310. The SMILES string of the molecule is CN(CCN1CCC(OONc2ccccc2-c2ccccc2)CC1)C(=C1CCC1)c1ccc(CN2CCC(C(N)=C3CC3)CC2)cc1. The lowest BCUT2D eigenvalue weighted by Gasteiger charge is -2.35. The standard InChI is InChI=1S/C41H53N5O2/c1-44(28-29-45-26-22-37(23-27-45)47-48-43-39-13-6-5-12-38(39)32-8-3-2-4-9-32)41(35-10-7-11-35)36-16-14-31(15-17-36)30-46-24-20-34(21-25-46)40(42)33-18-19-33/h2-6,8-9,12-17,34,37,43H,7,10-11,18-30,42H2,1H3. The van der Waals surface area contributed by atoms with Crippen LogP contribution in [0, 0.1) is 5.92 Å². The monoisotopic (exact) mass is 647 g/mol. The summed E-state index contributed by atoms with van der Waals surface area (Å²) < 4.78 is 0. The predicted molar refractivity (Wildman–Crippen MR) is 195 cm³/mol. The molecule has 2 aliphatic heterocycles. The van der Waals surface area contributed by atoms with E-state index in [1.54, 1.807) is 5.57 Å². The van der Waals surface area contributed by atoms with E-state index >= 15 is 0 Å². The van der Waals surface area contributed by atoms with Crippen molar-refractivity contribution in [3.63, 3.8) is 0 Å². The smallest absolute Gasteiger partial charge is 0.0979 e. The van der Waals surface area contributed by atoms with Crippen LogP contribution in [0.5, 0.6) is 0 Å². The van der Waals surface area contributed by atoms with Crippen LogP contribution < -0.4 is 11.2 Å². The number of allylic oxidation sites excluding steroid dienone is 3. The average Bonchev–Trinajstić information content (AvgIpc) is 3.96. The molecule has 7 nitrogen and oxygen atoms in total. The van der Waals surface area contributed by atoms with Crippen LogP contribution in [0.4, 0.5) is 5.69 Å². The summed E-state index contributed by atoms with van der Waals surface area (Å²) in [5, 5.41) is 0. The van der Waals surface area contributed by atoms with Gasteiger partial charge in [0.1, 0.15) is 0 Å². The van der Waals surface area contributed by atoms with Crippen molar-refractivity contribution in [1.82, 2.24) is 14.7 Å². The number of hydrogen-bond donors (Lipinski definition) is 2. The molecule has 4 fully saturated rings. The molecular weight excluding hydrogens is 594 g/mol. The number of piperidine rings is 2. The number of likely N-dealkylation sites (tertiary alicyclic amines) is 2. The maximum Gasteiger partial charge on any atom is 0.0979 e. The molecule has 0 bridgehead atoms. The third-order valence-corrected chi connectivity index (χ3v) is 10.9. The van der Waals surface area contributed by atoms with Gasteiger partial charge in [-0.3, -0.25) is 4.90 Å². The van der Waals surface area contributed by atoms with Gasteiger partial charge >= 0.3 is 0 Å². The molecule has 2 saturated heterocycles. The van der Waals surface area contributed by atoms with E-state index < -0.39 is 0 Å². The summed E-state index contributed by atoms with van der Waals surface area (Å²) in [6.45, 7) is 7.44. The molecule has 254 valence electrons. The summed E-state index contributed by atoms with van der Waals surface area (Å²) in [7, 11) is 2.28. The molecule has 0 atom stereocenters. The Balaban J connectivity index is 0.851. The third kappa shape index (κ3) is 8.32. The Bertz CT molecular complexity index is 1540. The van der Waals surface area contributed by atoms with E-state index in [0.29, 0.717) is 5.92 Å². The van der Waals surface area contributed by atoms with Crippen LogP contribution in [0.1, 0.15) is 68.9 Å². The van der Waals surface area contributed by atoms with Crippen molar-refractivity contribution in [3.05, 3.63) is 107 Å². The highest BCUT2D eigenvalue weighted by Crippen LogP contribution is 2.37. The fourth-order valence-electron chi connectivity index (χ4n) is 7.56. The molecule has 48 heavy (non-hydrogen) atoms. The molecule has 2 saturated carbocycles. The second-order valence-electron chi connectivity index (χ2n) is 14.3.